The molecule has 6 nitrogen and oxygen atoms in total. The minimum absolute atomic E-state index is 0.0551. The molecule has 1 aliphatic rings. The molecule has 2 aromatic rings. The van der Waals surface area contributed by atoms with Crippen molar-refractivity contribution < 1.29 is 14.4 Å². The summed E-state index contributed by atoms with van der Waals surface area (Å²) in [5, 5.41) is 2.91. The summed E-state index contributed by atoms with van der Waals surface area (Å²) >= 11 is 0. The van der Waals surface area contributed by atoms with Crippen molar-refractivity contribution in [2.24, 2.45) is 11.7 Å². The first-order valence-corrected chi connectivity index (χ1v) is 9.51. The van der Waals surface area contributed by atoms with Crippen LogP contribution in [0.25, 0.3) is 0 Å². The van der Waals surface area contributed by atoms with Gasteiger partial charge in [0.25, 0.3) is 0 Å². The third-order valence-corrected chi connectivity index (χ3v) is 4.94. The molecule has 3 N–H and O–H groups in total. The summed E-state index contributed by atoms with van der Waals surface area (Å²) in [4.78, 5) is 38.0. The predicted octanol–water partition coefficient (Wildman–Crippen LogP) is 2.13. The van der Waals surface area contributed by atoms with Crippen molar-refractivity contribution in [3.05, 3.63) is 65.7 Å². The lowest BCUT2D eigenvalue weighted by atomic mass is 9.96. The van der Waals surface area contributed by atoms with Gasteiger partial charge in [-0.15, -0.1) is 0 Å². The highest BCUT2D eigenvalue weighted by Crippen LogP contribution is 2.20. The second kappa shape index (κ2) is 9.17. The van der Waals surface area contributed by atoms with Crippen molar-refractivity contribution in [2.45, 2.75) is 25.7 Å². The Labute approximate surface area is 164 Å². The number of hydrogen-bond acceptors (Lipinski definition) is 3. The Balaban J connectivity index is 1.55. The van der Waals surface area contributed by atoms with Crippen molar-refractivity contribution in [1.82, 2.24) is 4.90 Å². The zero-order valence-corrected chi connectivity index (χ0v) is 15.8. The van der Waals surface area contributed by atoms with Gasteiger partial charge in [0.05, 0.1) is 18.8 Å². The first-order valence-electron chi connectivity index (χ1n) is 9.51. The minimum Gasteiger partial charge on any atom is -0.369 e. The van der Waals surface area contributed by atoms with Gasteiger partial charge in [0.15, 0.2) is 0 Å². The van der Waals surface area contributed by atoms with E-state index in [1.807, 2.05) is 30.3 Å². The molecule has 0 saturated carbocycles. The van der Waals surface area contributed by atoms with E-state index in [1.54, 1.807) is 29.2 Å². The van der Waals surface area contributed by atoms with E-state index in [-0.39, 0.29) is 30.1 Å². The van der Waals surface area contributed by atoms with Gasteiger partial charge in [0, 0.05) is 18.8 Å². The molecule has 6 heteroatoms. The standard InChI is InChI=1S/C22H25N3O3/c23-20(26)13-17-8-10-19(11-9-17)24-22(28)18-7-4-12-25(15-18)21(27)14-16-5-2-1-3-6-16/h1-3,5-6,8-11,18H,4,7,12-15H2,(H2,23,26)(H,24,28). The van der Waals surface area contributed by atoms with Gasteiger partial charge in [0.2, 0.25) is 17.7 Å². The van der Waals surface area contributed by atoms with Gasteiger partial charge in [-0.1, -0.05) is 42.5 Å². The summed E-state index contributed by atoms with van der Waals surface area (Å²) in [5.74, 6) is -0.641. The Hall–Kier alpha value is -3.15. The molecular weight excluding hydrogens is 354 g/mol. The average Bonchev–Trinajstić information content (AvgIpc) is 2.70. The van der Waals surface area contributed by atoms with Crippen LogP contribution in [0.5, 0.6) is 0 Å². The third-order valence-electron chi connectivity index (χ3n) is 4.94. The van der Waals surface area contributed by atoms with Crippen LogP contribution in [-0.4, -0.2) is 35.7 Å². The van der Waals surface area contributed by atoms with E-state index in [1.165, 1.54) is 0 Å². The molecule has 2 aromatic carbocycles. The summed E-state index contributed by atoms with van der Waals surface area (Å²) in [6.07, 6.45) is 2.11. The van der Waals surface area contributed by atoms with Crippen LogP contribution >= 0.6 is 0 Å². The molecule has 3 amide bonds. The van der Waals surface area contributed by atoms with Crippen LogP contribution in [0, 0.1) is 5.92 Å². The van der Waals surface area contributed by atoms with Gasteiger partial charge in [0.1, 0.15) is 0 Å². The second-order valence-electron chi connectivity index (χ2n) is 7.17. The largest absolute Gasteiger partial charge is 0.369 e. The lowest BCUT2D eigenvalue weighted by molar-refractivity contribution is -0.134. The molecule has 0 aliphatic carbocycles. The quantitative estimate of drug-likeness (QED) is 0.805. The molecule has 0 bridgehead atoms. The first kappa shape index (κ1) is 19.6. The van der Waals surface area contributed by atoms with E-state index < -0.39 is 0 Å². The van der Waals surface area contributed by atoms with Gasteiger partial charge in [-0.25, -0.2) is 0 Å². The molecule has 1 fully saturated rings. The number of carbonyl (C=O) groups is 3. The van der Waals surface area contributed by atoms with Gasteiger partial charge >= 0.3 is 0 Å². The third kappa shape index (κ3) is 5.42. The van der Waals surface area contributed by atoms with E-state index >= 15 is 0 Å². The molecule has 0 spiro atoms. The van der Waals surface area contributed by atoms with Crippen LogP contribution in [0.3, 0.4) is 0 Å². The molecule has 1 aliphatic heterocycles. The Bertz CT molecular complexity index is 834. The summed E-state index contributed by atoms with van der Waals surface area (Å²) in [7, 11) is 0. The fourth-order valence-corrected chi connectivity index (χ4v) is 3.45. The van der Waals surface area contributed by atoms with Crippen LogP contribution in [0.2, 0.25) is 0 Å². The number of nitrogens with one attached hydrogen (secondary N) is 1. The molecule has 1 atom stereocenters. The maximum absolute atomic E-state index is 12.6. The number of hydrogen-bond donors (Lipinski definition) is 2. The summed E-state index contributed by atoms with van der Waals surface area (Å²) < 4.78 is 0. The van der Waals surface area contributed by atoms with Crippen LogP contribution in [0.15, 0.2) is 54.6 Å². The van der Waals surface area contributed by atoms with E-state index in [0.717, 1.165) is 24.0 Å². The van der Waals surface area contributed by atoms with Crippen LogP contribution in [-0.2, 0) is 27.2 Å². The predicted molar refractivity (Wildman–Crippen MR) is 107 cm³/mol. The fourth-order valence-electron chi connectivity index (χ4n) is 3.45. The van der Waals surface area contributed by atoms with Crippen molar-refractivity contribution in [3.63, 3.8) is 0 Å². The van der Waals surface area contributed by atoms with E-state index in [2.05, 4.69) is 5.32 Å². The van der Waals surface area contributed by atoms with Gasteiger partial charge in [-0.3, -0.25) is 14.4 Å². The lowest BCUT2D eigenvalue weighted by Gasteiger charge is -2.32. The number of rotatable bonds is 6. The van der Waals surface area contributed by atoms with Crippen LogP contribution in [0.4, 0.5) is 5.69 Å². The highest BCUT2D eigenvalue weighted by molar-refractivity contribution is 5.93. The number of nitrogens with two attached hydrogens (primary N) is 1. The van der Waals surface area contributed by atoms with Crippen LogP contribution in [0.1, 0.15) is 24.0 Å². The van der Waals surface area contributed by atoms with Gasteiger partial charge in [-0.05, 0) is 36.1 Å². The molecule has 1 unspecified atom stereocenters. The number of carbonyl (C=O) groups excluding carboxylic acids is 3. The molecule has 0 radical (unpaired) electrons. The number of anilines is 1. The zero-order chi connectivity index (χ0) is 19.9. The van der Waals surface area contributed by atoms with E-state index in [9.17, 15) is 14.4 Å². The summed E-state index contributed by atoms with van der Waals surface area (Å²) in [6, 6.07) is 16.7. The van der Waals surface area contributed by atoms with Crippen molar-refractivity contribution in [3.8, 4) is 0 Å². The van der Waals surface area contributed by atoms with E-state index in [0.29, 0.717) is 25.2 Å². The first-order chi connectivity index (χ1) is 13.5. The smallest absolute Gasteiger partial charge is 0.229 e. The van der Waals surface area contributed by atoms with Crippen LogP contribution < -0.4 is 11.1 Å². The number of primary amides is 1. The molecule has 28 heavy (non-hydrogen) atoms. The molecule has 0 aromatic heterocycles. The molecule has 1 heterocycles. The Morgan fingerprint density at radius 2 is 1.64 bits per heavy atom. The number of amides is 3. The lowest BCUT2D eigenvalue weighted by Crippen LogP contribution is -2.44. The fraction of sp³-hybridized carbons (Fsp3) is 0.318. The maximum Gasteiger partial charge on any atom is 0.229 e. The highest BCUT2D eigenvalue weighted by Gasteiger charge is 2.28. The van der Waals surface area contributed by atoms with E-state index in [4.69, 9.17) is 5.73 Å². The molecular formula is C22H25N3O3. The number of nitrogens with zero attached hydrogens (tertiary/aromatic N) is 1. The molecule has 3 rings (SSSR count). The normalized spacial score (nSPS) is 16.4. The average molecular weight is 379 g/mol. The molecule has 1 saturated heterocycles. The second-order valence-corrected chi connectivity index (χ2v) is 7.17. The van der Waals surface area contributed by atoms with Crippen molar-refractivity contribution in [2.75, 3.05) is 18.4 Å². The Kier molecular flexibility index (Phi) is 6.42. The highest BCUT2D eigenvalue weighted by atomic mass is 16.2. The maximum atomic E-state index is 12.6. The van der Waals surface area contributed by atoms with Gasteiger partial charge < -0.3 is 16.0 Å². The number of likely N-dealkylation sites (tertiary alicyclic amines) is 1. The molecule has 146 valence electrons. The Morgan fingerprint density at radius 1 is 0.964 bits per heavy atom. The number of benzene rings is 2. The summed E-state index contributed by atoms with van der Waals surface area (Å²) in [5.41, 5.74) is 7.65. The van der Waals surface area contributed by atoms with Crippen molar-refractivity contribution in [1.29, 1.82) is 0 Å². The zero-order valence-electron chi connectivity index (χ0n) is 15.8. The summed E-state index contributed by atoms with van der Waals surface area (Å²) in [6.45, 7) is 1.13. The minimum atomic E-state index is -0.390. The van der Waals surface area contributed by atoms with Crippen molar-refractivity contribution >= 4 is 23.4 Å². The number of piperidine rings is 1. The van der Waals surface area contributed by atoms with Gasteiger partial charge in [-0.2, -0.15) is 0 Å². The monoisotopic (exact) mass is 379 g/mol. The Morgan fingerprint density at radius 3 is 2.32 bits per heavy atom. The topological polar surface area (TPSA) is 92.5 Å². The SMILES string of the molecule is NC(=O)Cc1ccc(NC(=O)C2CCCN(C(=O)Cc3ccccc3)C2)cc1.